The first-order chi connectivity index (χ1) is 3.77. The maximum absolute atomic E-state index is 10.0. The molecule has 0 aliphatic rings. The summed E-state index contributed by atoms with van der Waals surface area (Å²) in [4.78, 5) is 10.0. The highest BCUT2D eigenvalue weighted by Crippen LogP contribution is 1.83. The lowest BCUT2D eigenvalue weighted by atomic mass is 10.7. The number of hydrogen-bond donors (Lipinski definition) is 0. The molecule has 0 fully saturated rings. The normalized spacial score (nSPS) is 9.75. The molecule has 0 saturated carbocycles. The van der Waals surface area contributed by atoms with E-state index in [2.05, 4.69) is 20.7 Å². The van der Waals surface area contributed by atoms with Crippen LogP contribution in [-0.2, 0) is 9.53 Å². The van der Waals surface area contributed by atoms with Crippen molar-refractivity contribution in [3.63, 3.8) is 0 Å². The van der Waals surface area contributed by atoms with Gasteiger partial charge in [-0.3, -0.25) is 4.79 Å². The van der Waals surface area contributed by atoms with Crippen molar-refractivity contribution in [2.24, 2.45) is 0 Å². The molecule has 0 heterocycles. The van der Waals surface area contributed by atoms with Gasteiger partial charge in [-0.15, -0.1) is 0 Å². The topological polar surface area (TPSA) is 26.3 Å². The second-order valence-electron chi connectivity index (χ2n) is 1.14. The number of esters is 1. The van der Waals surface area contributed by atoms with Crippen LogP contribution < -0.4 is 0 Å². The van der Waals surface area contributed by atoms with E-state index < -0.39 is 0 Å². The number of alkyl halides is 1. The number of halogens is 1. The van der Waals surface area contributed by atoms with E-state index in [-0.39, 0.29) is 5.97 Å². The van der Waals surface area contributed by atoms with E-state index in [9.17, 15) is 4.79 Å². The molecule has 0 aliphatic carbocycles. The van der Waals surface area contributed by atoms with Gasteiger partial charge >= 0.3 is 5.97 Å². The van der Waals surface area contributed by atoms with Gasteiger partial charge in [-0.1, -0.05) is 15.9 Å². The summed E-state index contributed by atoms with van der Waals surface area (Å²) < 4.78 is 4.43. The Kier molecular flexibility index (Phi) is 4.65. The van der Waals surface area contributed by atoms with Crippen LogP contribution in [0.25, 0.3) is 0 Å². The molecule has 2 nitrogen and oxygen atoms in total. The first kappa shape index (κ1) is 7.69. The summed E-state index contributed by atoms with van der Waals surface area (Å²) in [5.41, 5.74) is 0. The zero-order chi connectivity index (χ0) is 6.41. The van der Waals surface area contributed by atoms with Crippen molar-refractivity contribution in [2.45, 2.75) is 6.92 Å². The Bertz CT molecular complexity index is 98.6. The molecule has 0 unspecified atom stereocenters. The van der Waals surface area contributed by atoms with Gasteiger partial charge in [-0.05, 0) is 6.08 Å². The van der Waals surface area contributed by atoms with E-state index in [1.54, 1.807) is 6.08 Å². The van der Waals surface area contributed by atoms with E-state index in [1.165, 1.54) is 13.2 Å². The van der Waals surface area contributed by atoms with Gasteiger partial charge in [0, 0.05) is 12.3 Å². The highest BCUT2D eigenvalue weighted by Gasteiger charge is 1.81. The summed E-state index contributed by atoms with van der Waals surface area (Å²) in [5.74, 6) is -0.290. The summed E-state index contributed by atoms with van der Waals surface area (Å²) in [6.45, 7) is 1.36. The third-order valence-electron chi connectivity index (χ3n) is 0.419. The van der Waals surface area contributed by atoms with E-state index in [1.807, 2.05) is 0 Å². The molecule has 3 heteroatoms. The first-order valence-corrected chi connectivity index (χ1v) is 3.27. The van der Waals surface area contributed by atoms with Gasteiger partial charge in [-0.25, -0.2) is 0 Å². The molecule has 0 aromatic rings. The molecule has 0 aromatic carbocycles. The van der Waals surface area contributed by atoms with Crippen molar-refractivity contribution in [2.75, 3.05) is 5.33 Å². The lowest BCUT2D eigenvalue weighted by Gasteiger charge is -1.86. The Morgan fingerprint density at radius 1 is 1.88 bits per heavy atom. The van der Waals surface area contributed by atoms with Crippen LogP contribution in [0.3, 0.4) is 0 Å². The molecule has 8 heavy (non-hydrogen) atoms. The maximum Gasteiger partial charge on any atom is 0.307 e. The van der Waals surface area contributed by atoms with Crippen molar-refractivity contribution in [1.29, 1.82) is 0 Å². The van der Waals surface area contributed by atoms with E-state index >= 15 is 0 Å². The number of ether oxygens (including phenoxy) is 1. The molecule has 0 spiro atoms. The highest BCUT2D eigenvalue weighted by molar-refractivity contribution is 9.09. The third-order valence-corrected chi connectivity index (χ3v) is 0.793. The standard InChI is InChI=1S/C5H7BrO2/c1-5(7)8-4-2-3-6/h2,4H,3H2,1H3/b4-2-. The molecule has 0 rings (SSSR count). The quantitative estimate of drug-likeness (QED) is 0.364. The van der Waals surface area contributed by atoms with Gasteiger partial charge in [0.05, 0.1) is 6.26 Å². The van der Waals surface area contributed by atoms with Crippen LogP contribution in [0.1, 0.15) is 6.92 Å². The summed E-state index contributed by atoms with van der Waals surface area (Å²) in [7, 11) is 0. The molecule has 0 radical (unpaired) electrons. The van der Waals surface area contributed by atoms with E-state index in [4.69, 9.17) is 0 Å². The third kappa shape index (κ3) is 5.69. The Hall–Kier alpha value is -0.310. The predicted molar refractivity (Wildman–Crippen MR) is 34.7 cm³/mol. The van der Waals surface area contributed by atoms with Gasteiger partial charge in [-0.2, -0.15) is 0 Å². The van der Waals surface area contributed by atoms with Crippen LogP contribution >= 0.6 is 15.9 Å². The molecule has 0 aliphatic heterocycles. The molecular formula is C5H7BrO2. The Balaban J connectivity index is 3.16. The molecule has 46 valence electrons. The van der Waals surface area contributed by atoms with Gasteiger partial charge in [0.1, 0.15) is 0 Å². The van der Waals surface area contributed by atoms with Crippen LogP contribution in [0.4, 0.5) is 0 Å². The first-order valence-electron chi connectivity index (χ1n) is 2.15. The lowest BCUT2D eigenvalue weighted by molar-refractivity contribution is -0.135. The van der Waals surface area contributed by atoms with Crippen LogP contribution in [0.5, 0.6) is 0 Å². The number of carbonyl (C=O) groups excluding carboxylic acids is 1. The molecule has 0 atom stereocenters. The lowest BCUT2D eigenvalue weighted by Crippen LogP contribution is -1.88. The molecule has 0 N–H and O–H groups in total. The molecule has 0 amide bonds. The fraction of sp³-hybridized carbons (Fsp3) is 0.400. The van der Waals surface area contributed by atoms with Crippen LogP contribution in [-0.4, -0.2) is 11.3 Å². The zero-order valence-electron chi connectivity index (χ0n) is 4.56. The van der Waals surface area contributed by atoms with Crippen LogP contribution in [0, 0.1) is 0 Å². The van der Waals surface area contributed by atoms with Crippen molar-refractivity contribution in [3.05, 3.63) is 12.3 Å². The van der Waals surface area contributed by atoms with Crippen LogP contribution in [0.15, 0.2) is 12.3 Å². The van der Waals surface area contributed by atoms with Crippen molar-refractivity contribution < 1.29 is 9.53 Å². The summed E-state index contributed by atoms with van der Waals surface area (Å²) in [5, 5.41) is 0.709. The minimum Gasteiger partial charge on any atom is -0.435 e. The van der Waals surface area contributed by atoms with Gasteiger partial charge in [0.2, 0.25) is 0 Å². The van der Waals surface area contributed by atoms with Gasteiger partial charge in [0.25, 0.3) is 0 Å². The number of hydrogen-bond acceptors (Lipinski definition) is 2. The SMILES string of the molecule is CC(=O)O/C=C\CBr. The maximum atomic E-state index is 10.0. The number of rotatable bonds is 2. The Morgan fingerprint density at radius 2 is 2.50 bits per heavy atom. The minimum atomic E-state index is -0.290. The van der Waals surface area contributed by atoms with Gasteiger partial charge in [0.15, 0.2) is 0 Å². The summed E-state index contributed by atoms with van der Waals surface area (Å²) in [6, 6.07) is 0. The average Bonchev–Trinajstić information content (AvgIpc) is 1.66. The second kappa shape index (κ2) is 4.84. The van der Waals surface area contributed by atoms with Crippen LogP contribution in [0.2, 0.25) is 0 Å². The van der Waals surface area contributed by atoms with Crippen molar-refractivity contribution >= 4 is 21.9 Å². The van der Waals surface area contributed by atoms with E-state index in [0.717, 1.165) is 0 Å². The number of carbonyl (C=O) groups is 1. The summed E-state index contributed by atoms with van der Waals surface area (Å²) >= 11 is 3.12. The minimum absolute atomic E-state index is 0.290. The highest BCUT2D eigenvalue weighted by atomic mass is 79.9. The molecule has 0 bridgehead atoms. The fourth-order valence-electron chi connectivity index (χ4n) is 0.180. The van der Waals surface area contributed by atoms with Crippen molar-refractivity contribution in [3.8, 4) is 0 Å². The van der Waals surface area contributed by atoms with Gasteiger partial charge < -0.3 is 4.74 Å². The largest absolute Gasteiger partial charge is 0.435 e. The molecule has 0 aromatic heterocycles. The fourth-order valence-corrected chi connectivity index (χ4v) is 0.333. The molecule has 0 saturated heterocycles. The molecular weight excluding hydrogens is 172 g/mol. The average molecular weight is 179 g/mol. The smallest absolute Gasteiger partial charge is 0.307 e. The second-order valence-corrected chi connectivity index (χ2v) is 1.78. The number of allylic oxidation sites excluding steroid dienone is 1. The monoisotopic (exact) mass is 178 g/mol. The predicted octanol–water partition coefficient (Wildman–Crippen LogP) is 1.46. The van der Waals surface area contributed by atoms with Crippen molar-refractivity contribution in [1.82, 2.24) is 0 Å². The Labute approximate surface area is 56.7 Å². The van der Waals surface area contributed by atoms with E-state index in [0.29, 0.717) is 5.33 Å². The summed E-state index contributed by atoms with van der Waals surface area (Å²) in [6.07, 6.45) is 3.05. The zero-order valence-corrected chi connectivity index (χ0v) is 6.14. The Morgan fingerprint density at radius 3 is 2.88 bits per heavy atom.